The minimum Gasteiger partial charge on any atom is -0.507 e. The summed E-state index contributed by atoms with van der Waals surface area (Å²) >= 11 is 1.76. The molecule has 3 aromatic carbocycles. The van der Waals surface area contributed by atoms with Crippen LogP contribution in [0.3, 0.4) is 0 Å². The molecule has 3 aromatic rings. The van der Waals surface area contributed by atoms with E-state index in [1.807, 2.05) is 0 Å². The molecule has 0 spiro atoms. The van der Waals surface area contributed by atoms with Gasteiger partial charge in [0.2, 0.25) is 0 Å². The summed E-state index contributed by atoms with van der Waals surface area (Å²) in [6.45, 7) is 17.3. The maximum atomic E-state index is 11.3. The van der Waals surface area contributed by atoms with E-state index < -0.39 is 0 Å². The standard InChI is InChI=1S/C29H36OS/c1-19-9-11-21(12-10-19)18-22-13-15-23(16-14-22)31-27-20(2)17-24(28(3,4)5)26(30)25(27)29(6,7)8/h9-17,30H,18H2,1-8H3. The molecule has 1 nitrogen and oxygen atoms in total. The highest BCUT2D eigenvalue weighted by molar-refractivity contribution is 7.99. The second-order valence-corrected chi connectivity index (χ2v) is 11.8. The number of aromatic hydroxyl groups is 1. The van der Waals surface area contributed by atoms with E-state index in [-0.39, 0.29) is 10.8 Å². The molecule has 0 unspecified atom stereocenters. The van der Waals surface area contributed by atoms with Crippen molar-refractivity contribution >= 4 is 11.8 Å². The molecule has 1 N–H and O–H groups in total. The first-order valence-electron chi connectivity index (χ1n) is 11.1. The van der Waals surface area contributed by atoms with Crippen LogP contribution in [-0.2, 0) is 17.3 Å². The minimum absolute atomic E-state index is 0.102. The van der Waals surface area contributed by atoms with Crippen molar-refractivity contribution in [2.45, 2.75) is 82.4 Å². The number of benzene rings is 3. The van der Waals surface area contributed by atoms with Crippen LogP contribution in [0.2, 0.25) is 0 Å². The number of hydrogen-bond donors (Lipinski definition) is 1. The van der Waals surface area contributed by atoms with E-state index in [1.54, 1.807) is 11.8 Å². The van der Waals surface area contributed by atoms with Gasteiger partial charge >= 0.3 is 0 Å². The molecular formula is C29H36OS. The van der Waals surface area contributed by atoms with Crippen LogP contribution in [0.4, 0.5) is 0 Å². The summed E-state index contributed by atoms with van der Waals surface area (Å²) in [5.41, 5.74) is 6.98. The van der Waals surface area contributed by atoms with E-state index in [2.05, 4.69) is 110 Å². The molecule has 0 atom stereocenters. The number of phenolic OH excluding ortho intramolecular Hbond substituents is 1. The molecule has 0 saturated heterocycles. The van der Waals surface area contributed by atoms with Gasteiger partial charge in [-0.25, -0.2) is 0 Å². The number of hydrogen-bond acceptors (Lipinski definition) is 2. The summed E-state index contributed by atoms with van der Waals surface area (Å²) in [6.07, 6.45) is 0.943. The topological polar surface area (TPSA) is 20.2 Å². The molecule has 0 aromatic heterocycles. The van der Waals surface area contributed by atoms with Gasteiger partial charge < -0.3 is 5.11 Å². The first-order valence-corrected chi connectivity index (χ1v) is 11.9. The minimum atomic E-state index is -0.149. The zero-order valence-corrected chi connectivity index (χ0v) is 21.1. The second kappa shape index (κ2) is 8.74. The molecule has 2 heteroatoms. The van der Waals surface area contributed by atoms with Gasteiger partial charge in [-0.15, -0.1) is 0 Å². The molecule has 0 saturated carbocycles. The molecular weight excluding hydrogens is 396 g/mol. The average Bonchev–Trinajstić information content (AvgIpc) is 2.66. The highest BCUT2D eigenvalue weighted by atomic mass is 32.2. The Balaban J connectivity index is 1.93. The van der Waals surface area contributed by atoms with E-state index >= 15 is 0 Å². The van der Waals surface area contributed by atoms with Crippen LogP contribution in [0.25, 0.3) is 0 Å². The third-order valence-electron chi connectivity index (χ3n) is 5.67. The Morgan fingerprint density at radius 3 is 1.74 bits per heavy atom. The van der Waals surface area contributed by atoms with Crippen LogP contribution >= 0.6 is 11.8 Å². The second-order valence-electron chi connectivity index (χ2n) is 10.7. The lowest BCUT2D eigenvalue weighted by molar-refractivity contribution is 0.418. The Bertz CT molecular complexity index is 1050. The summed E-state index contributed by atoms with van der Waals surface area (Å²) in [6, 6.07) is 19.8. The molecule has 0 heterocycles. The smallest absolute Gasteiger partial charge is 0.124 e. The zero-order chi connectivity index (χ0) is 23.0. The van der Waals surface area contributed by atoms with E-state index in [0.717, 1.165) is 17.5 Å². The summed E-state index contributed by atoms with van der Waals surface area (Å²) < 4.78 is 0. The fourth-order valence-electron chi connectivity index (χ4n) is 3.92. The SMILES string of the molecule is Cc1ccc(Cc2ccc(Sc3c(C)cc(C(C)(C)C)c(O)c3C(C)(C)C)cc2)cc1. The highest BCUT2D eigenvalue weighted by Gasteiger charge is 2.30. The first kappa shape index (κ1) is 23.5. The lowest BCUT2D eigenvalue weighted by atomic mass is 9.78. The van der Waals surface area contributed by atoms with Gasteiger partial charge in [0.1, 0.15) is 5.75 Å². The molecule has 0 aliphatic heterocycles. The molecule has 0 aliphatic carbocycles. The van der Waals surface area contributed by atoms with Crippen molar-refractivity contribution in [3.8, 4) is 5.75 Å². The van der Waals surface area contributed by atoms with Gasteiger partial charge in [-0.05, 0) is 65.5 Å². The van der Waals surface area contributed by atoms with E-state index in [1.165, 1.54) is 32.0 Å². The summed E-state index contributed by atoms with van der Waals surface area (Å²) in [4.78, 5) is 2.37. The van der Waals surface area contributed by atoms with Gasteiger partial charge in [0.15, 0.2) is 0 Å². The fraction of sp³-hybridized carbons (Fsp3) is 0.379. The van der Waals surface area contributed by atoms with Crippen molar-refractivity contribution in [2.75, 3.05) is 0 Å². The molecule has 0 aliphatic rings. The van der Waals surface area contributed by atoms with Crippen molar-refractivity contribution in [3.05, 3.63) is 88.0 Å². The van der Waals surface area contributed by atoms with E-state index in [4.69, 9.17) is 0 Å². The van der Waals surface area contributed by atoms with Crippen molar-refractivity contribution < 1.29 is 5.11 Å². The van der Waals surface area contributed by atoms with Gasteiger partial charge in [0, 0.05) is 15.4 Å². The van der Waals surface area contributed by atoms with Crippen LogP contribution < -0.4 is 0 Å². The molecule has 3 rings (SSSR count). The van der Waals surface area contributed by atoms with E-state index in [0.29, 0.717) is 5.75 Å². The largest absolute Gasteiger partial charge is 0.507 e. The predicted molar refractivity (Wildman–Crippen MR) is 135 cm³/mol. The molecule has 0 amide bonds. The van der Waals surface area contributed by atoms with Crippen LogP contribution in [0.1, 0.15) is 74.9 Å². The predicted octanol–water partition coefficient (Wildman–Crippen LogP) is 8.35. The van der Waals surface area contributed by atoms with Gasteiger partial charge in [-0.1, -0.05) is 101 Å². The Kier molecular flexibility index (Phi) is 6.62. The van der Waals surface area contributed by atoms with Crippen LogP contribution in [0.5, 0.6) is 5.75 Å². The van der Waals surface area contributed by atoms with Gasteiger partial charge in [-0.3, -0.25) is 0 Å². The fourth-order valence-corrected chi connectivity index (χ4v) is 5.16. The normalized spacial score (nSPS) is 12.3. The zero-order valence-electron chi connectivity index (χ0n) is 20.3. The Morgan fingerprint density at radius 1 is 0.742 bits per heavy atom. The lowest BCUT2D eigenvalue weighted by Gasteiger charge is -2.30. The summed E-state index contributed by atoms with van der Waals surface area (Å²) in [7, 11) is 0. The Morgan fingerprint density at radius 2 is 1.26 bits per heavy atom. The van der Waals surface area contributed by atoms with Crippen LogP contribution in [-0.4, -0.2) is 5.11 Å². The molecule has 164 valence electrons. The third-order valence-corrected chi connectivity index (χ3v) is 6.91. The maximum absolute atomic E-state index is 11.3. The maximum Gasteiger partial charge on any atom is 0.124 e. The lowest BCUT2D eigenvalue weighted by Crippen LogP contribution is -2.19. The molecule has 0 fully saturated rings. The molecule has 0 radical (unpaired) electrons. The van der Waals surface area contributed by atoms with Gasteiger partial charge in [-0.2, -0.15) is 0 Å². The third kappa shape index (κ3) is 5.54. The van der Waals surface area contributed by atoms with E-state index in [9.17, 15) is 5.11 Å². The van der Waals surface area contributed by atoms with Crippen molar-refractivity contribution in [2.24, 2.45) is 0 Å². The van der Waals surface area contributed by atoms with Gasteiger partial charge in [0.25, 0.3) is 0 Å². The number of aryl methyl sites for hydroxylation is 2. The first-order chi connectivity index (χ1) is 14.4. The monoisotopic (exact) mass is 432 g/mol. The number of rotatable bonds is 4. The summed E-state index contributed by atoms with van der Waals surface area (Å²) in [5.74, 6) is 0.448. The van der Waals surface area contributed by atoms with Crippen LogP contribution in [0, 0.1) is 13.8 Å². The van der Waals surface area contributed by atoms with Gasteiger partial charge in [0.05, 0.1) is 0 Å². The van der Waals surface area contributed by atoms with Crippen molar-refractivity contribution in [3.63, 3.8) is 0 Å². The highest BCUT2D eigenvalue weighted by Crippen LogP contribution is 2.47. The Hall–Kier alpha value is -2.19. The molecule has 31 heavy (non-hydrogen) atoms. The van der Waals surface area contributed by atoms with Crippen molar-refractivity contribution in [1.82, 2.24) is 0 Å². The van der Waals surface area contributed by atoms with Crippen LogP contribution in [0.15, 0.2) is 64.4 Å². The Labute approximate surface area is 192 Å². The number of phenols is 1. The molecule has 0 bridgehead atoms. The summed E-state index contributed by atoms with van der Waals surface area (Å²) in [5, 5.41) is 11.3. The quantitative estimate of drug-likeness (QED) is 0.447. The average molecular weight is 433 g/mol. The van der Waals surface area contributed by atoms with Crippen molar-refractivity contribution in [1.29, 1.82) is 0 Å².